The van der Waals surface area contributed by atoms with Crippen LogP contribution in [0.2, 0.25) is 0 Å². The fraction of sp³-hybridized carbons (Fsp3) is 1.00. The molecule has 4 heteroatoms. The fourth-order valence-electron chi connectivity index (χ4n) is 3.23. The Morgan fingerprint density at radius 1 is 0.900 bits per heavy atom. The zero-order chi connectivity index (χ0) is 15.1. The second-order valence-electron chi connectivity index (χ2n) is 5.62. The van der Waals surface area contributed by atoms with Crippen molar-refractivity contribution >= 4 is 0 Å². The first-order valence-corrected chi connectivity index (χ1v) is 7.99. The maximum absolute atomic E-state index is 6.01. The van der Waals surface area contributed by atoms with Crippen LogP contribution >= 0.6 is 0 Å². The van der Waals surface area contributed by atoms with Gasteiger partial charge >= 0.3 is 5.97 Å². The van der Waals surface area contributed by atoms with Crippen molar-refractivity contribution in [1.82, 2.24) is 0 Å². The molecule has 2 unspecified atom stereocenters. The molecule has 0 N–H and O–H groups in total. The van der Waals surface area contributed by atoms with Crippen molar-refractivity contribution < 1.29 is 18.9 Å². The van der Waals surface area contributed by atoms with Gasteiger partial charge in [-0.1, -0.05) is 52.4 Å². The number of epoxide rings is 1. The molecule has 120 valence electrons. The Balaban J connectivity index is 2.54. The highest BCUT2D eigenvalue weighted by Crippen LogP contribution is 2.53. The summed E-state index contributed by atoms with van der Waals surface area (Å²) >= 11 is 0. The number of methoxy groups -OCH3 is 3. The molecule has 2 atom stereocenters. The lowest BCUT2D eigenvalue weighted by Gasteiger charge is -2.34. The summed E-state index contributed by atoms with van der Waals surface area (Å²) in [5.74, 6) is -1.07. The van der Waals surface area contributed by atoms with Gasteiger partial charge in [0.1, 0.15) is 0 Å². The molecule has 0 radical (unpaired) electrons. The topological polar surface area (TPSA) is 40.2 Å². The predicted octanol–water partition coefficient (Wildman–Crippen LogP) is 3.88. The normalized spacial score (nSPS) is 25.9. The van der Waals surface area contributed by atoms with Crippen LogP contribution in [-0.4, -0.2) is 39.0 Å². The number of hydrogen-bond acceptors (Lipinski definition) is 4. The van der Waals surface area contributed by atoms with Crippen LogP contribution in [0.4, 0.5) is 0 Å². The quantitative estimate of drug-likeness (QED) is 0.310. The molecule has 0 aromatic rings. The summed E-state index contributed by atoms with van der Waals surface area (Å²) in [5, 5.41) is 0. The van der Waals surface area contributed by atoms with E-state index in [9.17, 15) is 0 Å². The third kappa shape index (κ3) is 3.53. The van der Waals surface area contributed by atoms with Crippen LogP contribution in [0.15, 0.2) is 0 Å². The minimum Gasteiger partial charge on any atom is -0.357 e. The Morgan fingerprint density at radius 3 is 2.00 bits per heavy atom. The summed E-state index contributed by atoms with van der Waals surface area (Å²) in [5.41, 5.74) is -0.440. The van der Waals surface area contributed by atoms with Gasteiger partial charge in [0.25, 0.3) is 0 Å². The van der Waals surface area contributed by atoms with Crippen molar-refractivity contribution in [3.8, 4) is 0 Å². The van der Waals surface area contributed by atoms with Crippen LogP contribution in [0.25, 0.3) is 0 Å². The third-order valence-electron chi connectivity index (χ3n) is 4.33. The summed E-state index contributed by atoms with van der Waals surface area (Å²) in [7, 11) is 4.85. The molecule has 1 fully saturated rings. The molecular formula is C16H32O4. The molecule has 0 aliphatic carbocycles. The lowest BCUT2D eigenvalue weighted by Crippen LogP contribution is -2.52. The standard InChI is InChI=1S/C16H32O4/c1-6-8-9-10-11-12-14-15(20-14,13-7-2)16(17-3,18-4)19-5/h14H,6-13H2,1-5H3. The predicted molar refractivity (Wildman–Crippen MR) is 79.6 cm³/mol. The van der Waals surface area contributed by atoms with Crippen LogP contribution in [0, 0.1) is 0 Å². The molecule has 1 saturated heterocycles. The van der Waals surface area contributed by atoms with Gasteiger partial charge in [0.05, 0.1) is 6.10 Å². The summed E-state index contributed by atoms with van der Waals surface area (Å²) in [6.45, 7) is 4.38. The van der Waals surface area contributed by atoms with Crippen molar-refractivity contribution in [3.05, 3.63) is 0 Å². The fourth-order valence-corrected chi connectivity index (χ4v) is 3.23. The Bertz CT molecular complexity index is 257. The van der Waals surface area contributed by atoms with Gasteiger partial charge in [0, 0.05) is 21.3 Å². The van der Waals surface area contributed by atoms with Gasteiger partial charge in [-0.05, 0) is 12.8 Å². The first kappa shape index (κ1) is 17.9. The number of rotatable bonds is 12. The molecule has 0 saturated carbocycles. The first-order valence-electron chi connectivity index (χ1n) is 7.99. The Kier molecular flexibility index (Phi) is 7.45. The van der Waals surface area contributed by atoms with Crippen LogP contribution in [0.3, 0.4) is 0 Å². The lowest BCUT2D eigenvalue weighted by molar-refractivity contribution is -0.382. The molecule has 1 aliphatic rings. The van der Waals surface area contributed by atoms with Gasteiger partial charge < -0.3 is 18.9 Å². The molecule has 0 bridgehead atoms. The molecule has 20 heavy (non-hydrogen) atoms. The Hall–Kier alpha value is -0.160. The lowest BCUT2D eigenvalue weighted by atomic mass is 9.93. The van der Waals surface area contributed by atoms with E-state index in [2.05, 4.69) is 13.8 Å². The summed E-state index contributed by atoms with van der Waals surface area (Å²) in [6.07, 6.45) is 9.54. The zero-order valence-corrected chi connectivity index (χ0v) is 13.9. The highest BCUT2D eigenvalue weighted by atomic mass is 16.9. The van der Waals surface area contributed by atoms with Gasteiger partial charge in [-0.2, -0.15) is 0 Å². The molecular weight excluding hydrogens is 256 g/mol. The molecule has 0 aromatic carbocycles. The van der Waals surface area contributed by atoms with Gasteiger partial charge in [-0.3, -0.25) is 0 Å². The molecule has 4 nitrogen and oxygen atoms in total. The van der Waals surface area contributed by atoms with E-state index in [1.54, 1.807) is 21.3 Å². The third-order valence-corrected chi connectivity index (χ3v) is 4.33. The highest BCUT2D eigenvalue weighted by molar-refractivity contribution is 5.09. The van der Waals surface area contributed by atoms with Crippen LogP contribution in [-0.2, 0) is 18.9 Å². The van der Waals surface area contributed by atoms with Gasteiger partial charge in [-0.25, -0.2) is 0 Å². The van der Waals surface area contributed by atoms with E-state index in [0.717, 1.165) is 19.3 Å². The first-order chi connectivity index (χ1) is 9.66. The van der Waals surface area contributed by atoms with Gasteiger partial charge in [0.2, 0.25) is 0 Å². The van der Waals surface area contributed by atoms with Crippen molar-refractivity contribution in [2.24, 2.45) is 0 Å². The SMILES string of the molecule is CCCCCCCC1OC1(CCC)C(OC)(OC)OC. The van der Waals surface area contributed by atoms with Crippen LogP contribution in [0.1, 0.15) is 65.2 Å². The van der Waals surface area contributed by atoms with Crippen LogP contribution in [0.5, 0.6) is 0 Å². The minimum absolute atomic E-state index is 0.184. The summed E-state index contributed by atoms with van der Waals surface area (Å²) in [6, 6.07) is 0. The largest absolute Gasteiger partial charge is 0.357 e. The second kappa shape index (κ2) is 8.32. The van der Waals surface area contributed by atoms with E-state index >= 15 is 0 Å². The van der Waals surface area contributed by atoms with Crippen molar-refractivity contribution in [1.29, 1.82) is 0 Å². The molecule has 0 aromatic heterocycles. The molecule has 1 heterocycles. The number of hydrogen-bond donors (Lipinski definition) is 0. The maximum atomic E-state index is 6.01. The molecule has 0 spiro atoms. The van der Waals surface area contributed by atoms with Crippen LogP contribution < -0.4 is 0 Å². The van der Waals surface area contributed by atoms with E-state index in [1.165, 1.54) is 32.1 Å². The van der Waals surface area contributed by atoms with E-state index in [1.807, 2.05) is 0 Å². The smallest absolute Gasteiger partial charge is 0.315 e. The van der Waals surface area contributed by atoms with E-state index in [4.69, 9.17) is 18.9 Å². The average molecular weight is 288 g/mol. The monoisotopic (exact) mass is 288 g/mol. The molecule has 0 amide bonds. The molecule has 1 rings (SSSR count). The van der Waals surface area contributed by atoms with E-state index in [0.29, 0.717) is 0 Å². The van der Waals surface area contributed by atoms with Crippen molar-refractivity contribution in [2.75, 3.05) is 21.3 Å². The van der Waals surface area contributed by atoms with Crippen molar-refractivity contribution in [2.45, 2.75) is 82.9 Å². The van der Waals surface area contributed by atoms with E-state index in [-0.39, 0.29) is 6.10 Å². The Labute approximate surface area is 124 Å². The van der Waals surface area contributed by atoms with Gasteiger partial charge in [0.15, 0.2) is 5.60 Å². The van der Waals surface area contributed by atoms with E-state index < -0.39 is 11.6 Å². The zero-order valence-electron chi connectivity index (χ0n) is 13.9. The highest BCUT2D eigenvalue weighted by Gasteiger charge is 2.70. The molecule has 1 aliphatic heterocycles. The average Bonchev–Trinajstić information content (AvgIpc) is 3.16. The maximum Gasteiger partial charge on any atom is 0.315 e. The summed E-state index contributed by atoms with van der Waals surface area (Å²) < 4.78 is 22.6. The number of unbranched alkanes of at least 4 members (excludes halogenated alkanes) is 4. The minimum atomic E-state index is -1.07. The Morgan fingerprint density at radius 2 is 1.50 bits per heavy atom. The van der Waals surface area contributed by atoms with Gasteiger partial charge in [-0.15, -0.1) is 0 Å². The van der Waals surface area contributed by atoms with Crippen molar-refractivity contribution in [3.63, 3.8) is 0 Å². The summed E-state index contributed by atoms with van der Waals surface area (Å²) in [4.78, 5) is 0. The number of ether oxygens (including phenoxy) is 4. The second-order valence-corrected chi connectivity index (χ2v) is 5.62.